The molecule has 5 heteroatoms. The Balaban J connectivity index is 2.18. The van der Waals surface area contributed by atoms with Crippen LogP contribution < -0.4 is 10.5 Å². The minimum absolute atomic E-state index is 0.149. The Labute approximate surface area is 111 Å². The second-order valence-electron chi connectivity index (χ2n) is 4.56. The zero-order chi connectivity index (χ0) is 13.8. The van der Waals surface area contributed by atoms with Crippen LogP contribution >= 0.6 is 0 Å². The highest BCUT2D eigenvalue weighted by molar-refractivity contribution is 5.40. The van der Waals surface area contributed by atoms with Crippen molar-refractivity contribution in [1.29, 1.82) is 0 Å². The summed E-state index contributed by atoms with van der Waals surface area (Å²) in [5, 5.41) is 14.1. The van der Waals surface area contributed by atoms with E-state index in [9.17, 15) is 9.90 Å². The molecule has 0 fully saturated rings. The van der Waals surface area contributed by atoms with Crippen molar-refractivity contribution in [3.05, 3.63) is 58.5 Å². The van der Waals surface area contributed by atoms with Gasteiger partial charge in [0.1, 0.15) is 0 Å². The van der Waals surface area contributed by atoms with E-state index in [1.807, 2.05) is 49.3 Å². The van der Waals surface area contributed by atoms with E-state index >= 15 is 0 Å². The lowest BCUT2D eigenvalue weighted by Crippen LogP contribution is -2.26. The molecular formula is C14H17N3O2. The third kappa shape index (κ3) is 3.20. The number of hydrogen-bond acceptors (Lipinski definition) is 4. The quantitative estimate of drug-likeness (QED) is 0.891. The summed E-state index contributed by atoms with van der Waals surface area (Å²) in [4.78, 5) is 13.7. The molecule has 1 aromatic carbocycles. The number of aliphatic hydroxyl groups excluding tert-OH is 1. The van der Waals surface area contributed by atoms with Gasteiger partial charge in [0.2, 0.25) is 0 Å². The summed E-state index contributed by atoms with van der Waals surface area (Å²) in [6.07, 6.45) is 0.871. The zero-order valence-corrected chi connectivity index (χ0v) is 11.0. The van der Waals surface area contributed by atoms with Crippen molar-refractivity contribution in [3.8, 4) is 0 Å². The van der Waals surface area contributed by atoms with E-state index in [0.717, 1.165) is 11.3 Å². The summed E-state index contributed by atoms with van der Waals surface area (Å²) >= 11 is 0. The molecule has 2 rings (SSSR count). The molecule has 0 saturated carbocycles. The van der Waals surface area contributed by atoms with Gasteiger partial charge in [-0.15, -0.1) is 0 Å². The molecule has 1 atom stereocenters. The van der Waals surface area contributed by atoms with Crippen LogP contribution in [0.15, 0.2) is 47.4 Å². The highest BCUT2D eigenvalue weighted by Gasteiger charge is 2.10. The molecule has 0 aliphatic carbocycles. The molecule has 100 valence electrons. The minimum Gasteiger partial charge on any atom is -0.386 e. The number of aliphatic hydroxyl groups is 1. The number of hydrogen-bond donors (Lipinski definition) is 1. The van der Waals surface area contributed by atoms with Gasteiger partial charge in [-0.1, -0.05) is 30.3 Å². The molecule has 0 spiro atoms. The lowest BCUT2D eigenvalue weighted by molar-refractivity contribution is 0.149. The van der Waals surface area contributed by atoms with Crippen LogP contribution in [0.1, 0.15) is 11.7 Å². The first kappa shape index (κ1) is 13.3. The predicted molar refractivity (Wildman–Crippen MR) is 74.2 cm³/mol. The van der Waals surface area contributed by atoms with Crippen LogP contribution in [-0.2, 0) is 6.54 Å². The van der Waals surface area contributed by atoms with Crippen molar-refractivity contribution in [2.75, 3.05) is 19.0 Å². The van der Waals surface area contributed by atoms with Gasteiger partial charge in [0.15, 0.2) is 0 Å². The van der Waals surface area contributed by atoms with Crippen molar-refractivity contribution >= 4 is 5.69 Å². The van der Waals surface area contributed by atoms with Crippen LogP contribution in [0.3, 0.4) is 0 Å². The van der Waals surface area contributed by atoms with E-state index in [1.54, 1.807) is 6.20 Å². The van der Waals surface area contributed by atoms with Gasteiger partial charge >= 0.3 is 0 Å². The van der Waals surface area contributed by atoms with E-state index in [1.165, 1.54) is 10.7 Å². The van der Waals surface area contributed by atoms with Gasteiger partial charge in [-0.05, 0) is 5.56 Å². The molecule has 0 bridgehead atoms. The van der Waals surface area contributed by atoms with Crippen LogP contribution in [0.4, 0.5) is 5.69 Å². The average Bonchev–Trinajstić information content (AvgIpc) is 2.41. The fraction of sp³-hybridized carbons (Fsp3) is 0.286. The van der Waals surface area contributed by atoms with E-state index in [0.29, 0.717) is 0 Å². The van der Waals surface area contributed by atoms with Gasteiger partial charge in [-0.2, -0.15) is 5.10 Å². The lowest BCUT2D eigenvalue weighted by atomic mass is 10.1. The van der Waals surface area contributed by atoms with Crippen molar-refractivity contribution in [2.45, 2.75) is 12.6 Å². The number of anilines is 1. The number of aromatic nitrogens is 2. The summed E-state index contributed by atoms with van der Waals surface area (Å²) in [5.74, 6) is 0. The van der Waals surface area contributed by atoms with Crippen molar-refractivity contribution in [3.63, 3.8) is 0 Å². The molecular weight excluding hydrogens is 242 g/mol. The van der Waals surface area contributed by atoms with Gasteiger partial charge in [0.25, 0.3) is 5.56 Å². The van der Waals surface area contributed by atoms with Crippen molar-refractivity contribution in [1.82, 2.24) is 9.78 Å². The molecule has 1 N–H and O–H groups in total. The molecule has 5 nitrogen and oxygen atoms in total. The standard InChI is InChI=1S/C14H17N3O2/c1-16(2)12-8-14(19)17(15-9-12)10-13(18)11-6-4-3-5-7-11/h3-9,13,18H,10H2,1-2H3. The summed E-state index contributed by atoms with van der Waals surface area (Å²) in [6, 6.07) is 10.7. The largest absolute Gasteiger partial charge is 0.386 e. The first-order valence-corrected chi connectivity index (χ1v) is 6.05. The molecule has 19 heavy (non-hydrogen) atoms. The SMILES string of the molecule is CN(C)c1cnn(CC(O)c2ccccc2)c(=O)c1. The minimum atomic E-state index is -0.739. The maximum absolute atomic E-state index is 11.9. The van der Waals surface area contributed by atoms with Crippen LogP contribution in [0.2, 0.25) is 0 Å². The van der Waals surface area contributed by atoms with E-state index in [4.69, 9.17) is 0 Å². The van der Waals surface area contributed by atoms with E-state index < -0.39 is 6.10 Å². The zero-order valence-electron chi connectivity index (χ0n) is 11.0. The lowest BCUT2D eigenvalue weighted by Gasteiger charge is -2.14. The Morgan fingerprint density at radius 1 is 1.32 bits per heavy atom. The second kappa shape index (κ2) is 5.67. The average molecular weight is 259 g/mol. The number of benzene rings is 1. The summed E-state index contributed by atoms with van der Waals surface area (Å²) in [5.41, 5.74) is 1.30. The topological polar surface area (TPSA) is 58.4 Å². The molecule has 1 heterocycles. The van der Waals surface area contributed by atoms with Gasteiger partial charge in [0.05, 0.1) is 24.5 Å². The molecule has 1 unspecified atom stereocenters. The fourth-order valence-electron chi connectivity index (χ4n) is 1.75. The van der Waals surface area contributed by atoms with Crippen LogP contribution in [-0.4, -0.2) is 29.0 Å². The number of nitrogens with zero attached hydrogens (tertiary/aromatic N) is 3. The molecule has 0 aliphatic rings. The Morgan fingerprint density at radius 2 is 2.00 bits per heavy atom. The first-order chi connectivity index (χ1) is 9.08. The molecule has 2 aromatic rings. The molecule has 0 aliphatic heterocycles. The highest BCUT2D eigenvalue weighted by atomic mass is 16.3. The molecule has 0 saturated heterocycles. The Morgan fingerprint density at radius 3 is 2.58 bits per heavy atom. The Kier molecular flexibility index (Phi) is 3.97. The van der Waals surface area contributed by atoms with Gasteiger partial charge in [-0.25, -0.2) is 4.68 Å². The fourth-order valence-corrected chi connectivity index (χ4v) is 1.75. The summed E-state index contributed by atoms with van der Waals surface area (Å²) < 4.78 is 1.27. The van der Waals surface area contributed by atoms with Crippen LogP contribution in [0.25, 0.3) is 0 Å². The molecule has 0 radical (unpaired) electrons. The molecule has 0 amide bonds. The Bertz CT molecular complexity index is 593. The van der Waals surface area contributed by atoms with Crippen LogP contribution in [0, 0.1) is 0 Å². The molecule has 1 aromatic heterocycles. The second-order valence-corrected chi connectivity index (χ2v) is 4.56. The maximum atomic E-state index is 11.9. The highest BCUT2D eigenvalue weighted by Crippen LogP contribution is 2.13. The number of rotatable bonds is 4. The summed E-state index contributed by atoms with van der Waals surface area (Å²) in [6.45, 7) is 0.149. The van der Waals surface area contributed by atoms with Gasteiger partial charge in [0, 0.05) is 20.2 Å². The van der Waals surface area contributed by atoms with Crippen molar-refractivity contribution < 1.29 is 5.11 Å². The predicted octanol–water partition coefficient (Wildman–Crippen LogP) is 1.04. The monoisotopic (exact) mass is 259 g/mol. The van der Waals surface area contributed by atoms with Gasteiger partial charge < -0.3 is 10.0 Å². The van der Waals surface area contributed by atoms with E-state index in [2.05, 4.69) is 5.10 Å². The van der Waals surface area contributed by atoms with Crippen molar-refractivity contribution in [2.24, 2.45) is 0 Å². The Hall–Kier alpha value is -2.14. The van der Waals surface area contributed by atoms with Gasteiger partial charge in [-0.3, -0.25) is 4.79 Å². The summed E-state index contributed by atoms with van der Waals surface area (Å²) in [7, 11) is 3.69. The normalized spacial score (nSPS) is 12.2. The van der Waals surface area contributed by atoms with Crippen LogP contribution in [0.5, 0.6) is 0 Å². The smallest absolute Gasteiger partial charge is 0.268 e. The third-order valence-electron chi connectivity index (χ3n) is 2.90. The maximum Gasteiger partial charge on any atom is 0.268 e. The first-order valence-electron chi connectivity index (χ1n) is 6.05. The third-order valence-corrected chi connectivity index (χ3v) is 2.90. The van der Waals surface area contributed by atoms with E-state index in [-0.39, 0.29) is 12.1 Å².